The first-order valence-electron chi connectivity index (χ1n) is 9.37. The predicted octanol–water partition coefficient (Wildman–Crippen LogP) is 2.21. The van der Waals surface area contributed by atoms with E-state index in [0.29, 0.717) is 28.5 Å². The molecule has 11 heteroatoms. The van der Waals surface area contributed by atoms with Crippen LogP contribution in [-0.2, 0) is 9.84 Å². The molecule has 2 heterocycles. The van der Waals surface area contributed by atoms with Crippen molar-refractivity contribution in [1.82, 2.24) is 19.7 Å². The molecule has 0 saturated heterocycles. The highest BCUT2D eigenvalue weighted by Crippen LogP contribution is 2.40. The number of fused-ring (bicyclic) bond motifs is 1. The van der Waals surface area contributed by atoms with Crippen molar-refractivity contribution >= 4 is 20.9 Å². The summed E-state index contributed by atoms with van der Waals surface area (Å²) in [6.45, 7) is 0. The van der Waals surface area contributed by atoms with Gasteiger partial charge >= 0.3 is 0 Å². The van der Waals surface area contributed by atoms with Crippen molar-refractivity contribution in [3.63, 3.8) is 0 Å². The number of methoxy groups -OCH3 is 3. The fraction of sp³-hybridized carbons (Fsp3) is 0.190. The largest absolute Gasteiger partial charge is 0.493 e. The lowest BCUT2D eigenvalue weighted by Crippen LogP contribution is -2.12. The standard InChI is InChI=1S/C21H20N4O6S/c1-29-14-10-12(11-15(30-2)17(14)31-3)18-22-19-16(20(26)23-18)21(32(4,27)28)24-25(19)13-8-6-5-7-9-13/h5-11H,1-4H3,(H,22,23,26). The lowest BCUT2D eigenvalue weighted by molar-refractivity contribution is 0.324. The van der Waals surface area contributed by atoms with Gasteiger partial charge in [-0.25, -0.2) is 18.1 Å². The molecule has 166 valence electrons. The van der Waals surface area contributed by atoms with Crippen molar-refractivity contribution in [1.29, 1.82) is 0 Å². The van der Waals surface area contributed by atoms with Crippen molar-refractivity contribution in [3.8, 4) is 34.3 Å². The Labute approximate surface area is 183 Å². The van der Waals surface area contributed by atoms with Crippen molar-refractivity contribution in [3.05, 3.63) is 52.8 Å². The van der Waals surface area contributed by atoms with E-state index in [1.165, 1.54) is 26.0 Å². The van der Waals surface area contributed by atoms with Gasteiger partial charge in [0.05, 0.1) is 27.0 Å². The summed E-state index contributed by atoms with van der Waals surface area (Å²) in [4.78, 5) is 20.2. The molecule has 0 aliphatic carbocycles. The maximum Gasteiger partial charge on any atom is 0.263 e. The normalized spacial score (nSPS) is 11.5. The number of rotatable bonds is 6. The van der Waals surface area contributed by atoms with Crippen LogP contribution in [0.4, 0.5) is 0 Å². The zero-order valence-corrected chi connectivity index (χ0v) is 18.6. The molecule has 0 saturated carbocycles. The first kappa shape index (κ1) is 21.4. The maximum absolute atomic E-state index is 13.0. The lowest BCUT2D eigenvalue weighted by Gasteiger charge is -2.14. The van der Waals surface area contributed by atoms with E-state index in [1.807, 2.05) is 6.07 Å². The van der Waals surface area contributed by atoms with Crippen molar-refractivity contribution < 1.29 is 22.6 Å². The number of nitrogens with zero attached hydrogens (tertiary/aromatic N) is 3. The number of aromatic amines is 1. The van der Waals surface area contributed by atoms with Crippen LogP contribution in [0.25, 0.3) is 28.1 Å². The summed E-state index contributed by atoms with van der Waals surface area (Å²) in [5, 5.41) is 3.73. The van der Waals surface area contributed by atoms with Crippen LogP contribution in [0.2, 0.25) is 0 Å². The van der Waals surface area contributed by atoms with Gasteiger partial charge in [-0.1, -0.05) is 18.2 Å². The van der Waals surface area contributed by atoms with E-state index >= 15 is 0 Å². The van der Waals surface area contributed by atoms with Crippen LogP contribution < -0.4 is 19.8 Å². The molecule has 0 bridgehead atoms. The summed E-state index contributed by atoms with van der Waals surface area (Å²) in [6, 6.07) is 12.1. The Morgan fingerprint density at radius 3 is 2.12 bits per heavy atom. The van der Waals surface area contributed by atoms with Crippen molar-refractivity contribution in [2.75, 3.05) is 27.6 Å². The molecule has 0 radical (unpaired) electrons. The summed E-state index contributed by atoms with van der Waals surface area (Å²) in [6.07, 6.45) is 0.997. The molecular weight excluding hydrogens is 436 g/mol. The van der Waals surface area contributed by atoms with Gasteiger partial charge in [-0.15, -0.1) is 0 Å². The van der Waals surface area contributed by atoms with Gasteiger partial charge in [-0.2, -0.15) is 5.10 Å². The molecule has 32 heavy (non-hydrogen) atoms. The molecule has 4 rings (SSSR count). The van der Waals surface area contributed by atoms with Crippen LogP contribution in [0.1, 0.15) is 0 Å². The lowest BCUT2D eigenvalue weighted by atomic mass is 10.1. The SMILES string of the molecule is COc1cc(-c2nc3c(c(S(C)(=O)=O)nn3-c3ccccc3)c(=O)[nH]2)cc(OC)c1OC. The average Bonchev–Trinajstić information content (AvgIpc) is 3.19. The zero-order chi connectivity index (χ0) is 23.0. The van der Waals surface area contributed by atoms with E-state index in [-0.39, 0.29) is 21.9 Å². The number of benzene rings is 2. The maximum atomic E-state index is 13.0. The average molecular weight is 456 g/mol. The third kappa shape index (κ3) is 3.56. The number of hydrogen-bond acceptors (Lipinski definition) is 8. The van der Waals surface area contributed by atoms with E-state index in [0.717, 1.165) is 6.26 Å². The predicted molar refractivity (Wildman–Crippen MR) is 118 cm³/mol. The van der Waals surface area contributed by atoms with E-state index in [2.05, 4.69) is 15.1 Å². The Morgan fingerprint density at radius 1 is 0.969 bits per heavy atom. The smallest absolute Gasteiger partial charge is 0.263 e. The minimum absolute atomic E-state index is 0.101. The van der Waals surface area contributed by atoms with Crippen molar-refractivity contribution in [2.24, 2.45) is 0 Å². The first-order chi connectivity index (χ1) is 15.3. The number of sulfone groups is 1. The second-order valence-corrected chi connectivity index (χ2v) is 8.78. The first-order valence-corrected chi connectivity index (χ1v) is 11.3. The monoisotopic (exact) mass is 456 g/mol. The van der Waals surface area contributed by atoms with Crippen LogP contribution in [0, 0.1) is 0 Å². The minimum Gasteiger partial charge on any atom is -0.493 e. The molecule has 0 unspecified atom stereocenters. The molecule has 4 aromatic rings. The van der Waals surface area contributed by atoms with Gasteiger partial charge < -0.3 is 19.2 Å². The number of ether oxygens (including phenoxy) is 3. The molecule has 10 nitrogen and oxygen atoms in total. The van der Waals surface area contributed by atoms with Gasteiger partial charge in [0.25, 0.3) is 5.56 Å². The molecule has 0 atom stereocenters. The third-order valence-electron chi connectivity index (χ3n) is 4.80. The second-order valence-electron chi connectivity index (χ2n) is 6.85. The van der Waals surface area contributed by atoms with Gasteiger partial charge in [-0.05, 0) is 24.3 Å². The highest BCUT2D eigenvalue weighted by atomic mass is 32.2. The van der Waals surface area contributed by atoms with Crippen LogP contribution in [-0.4, -0.2) is 55.8 Å². The summed E-state index contributed by atoms with van der Waals surface area (Å²) in [7, 11) is 0.639. The van der Waals surface area contributed by atoms with Gasteiger partial charge in [-0.3, -0.25) is 4.79 Å². The molecule has 0 aliphatic heterocycles. The highest BCUT2D eigenvalue weighted by molar-refractivity contribution is 7.90. The van der Waals surface area contributed by atoms with Crippen LogP contribution in [0.3, 0.4) is 0 Å². The summed E-state index contributed by atoms with van der Waals surface area (Å²) < 4.78 is 42.1. The van der Waals surface area contributed by atoms with E-state index in [1.54, 1.807) is 36.4 Å². The number of aromatic nitrogens is 4. The molecular formula is C21H20N4O6S. The van der Waals surface area contributed by atoms with Crippen LogP contribution >= 0.6 is 0 Å². The molecule has 0 fully saturated rings. The Morgan fingerprint density at radius 2 is 1.59 bits per heavy atom. The molecule has 2 aromatic heterocycles. The Balaban J connectivity index is 2.06. The van der Waals surface area contributed by atoms with Gasteiger partial charge in [0.1, 0.15) is 11.2 Å². The molecule has 2 aromatic carbocycles. The second kappa shape index (κ2) is 8.00. The number of H-pyrrole nitrogens is 1. The summed E-state index contributed by atoms with van der Waals surface area (Å²) >= 11 is 0. The number of para-hydroxylation sites is 1. The van der Waals surface area contributed by atoms with E-state index < -0.39 is 15.4 Å². The fourth-order valence-corrected chi connectivity index (χ4v) is 4.14. The third-order valence-corrected chi connectivity index (χ3v) is 5.78. The molecule has 1 N–H and O–H groups in total. The summed E-state index contributed by atoms with van der Waals surface area (Å²) in [5.74, 6) is 1.31. The van der Waals surface area contributed by atoms with Crippen LogP contribution in [0.5, 0.6) is 17.2 Å². The highest BCUT2D eigenvalue weighted by Gasteiger charge is 2.25. The van der Waals surface area contributed by atoms with Crippen LogP contribution in [0.15, 0.2) is 52.3 Å². The Bertz CT molecular complexity index is 1450. The molecule has 0 spiro atoms. The van der Waals surface area contributed by atoms with Gasteiger partial charge in [0, 0.05) is 11.8 Å². The van der Waals surface area contributed by atoms with Gasteiger partial charge in [0.2, 0.25) is 5.75 Å². The quantitative estimate of drug-likeness (QED) is 0.468. The number of hydrogen-bond donors (Lipinski definition) is 1. The van der Waals surface area contributed by atoms with Crippen molar-refractivity contribution in [2.45, 2.75) is 5.03 Å². The summed E-state index contributed by atoms with van der Waals surface area (Å²) in [5.41, 5.74) is 0.493. The Hall–Kier alpha value is -3.86. The van der Waals surface area contributed by atoms with Gasteiger partial charge in [0.15, 0.2) is 32.0 Å². The Kier molecular flexibility index (Phi) is 5.35. The topological polar surface area (TPSA) is 125 Å². The zero-order valence-electron chi connectivity index (χ0n) is 17.7. The van der Waals surface area contributed by atoms with E-state index in [4.69, 9.17) is 14.2 Å². The molecule has 0 amide bonds. The molecule has 0 aliphatic rings. The fourth-order valence-electron chi connectivity index (χ4n) is 3.36. The minimum atomic E-state index is -3.80. The number of nitrogens with one attached hydrogen (secondary N) is 1. The van der Waals surface area contributed by atoms with E-state index in [9.17, 15) is 13.2 Å².